The molecule has 1 fully saturated rings. The first-order chi connectivity index (χ1) is 10.4. The van der Waals surface area contributed by atoms with Crippen molar-refractivity contribution >= 4 is 8.56 Å². The highest BCUT2D eigenvalue weighted by molar-refractivity contribution is 6.68. The minimum absolute atomic E-state index is 0.0249. The van der Waals surface area contributed by atoms with Gasteiger partial charge < -0.3 is 23.1 Å². The summed E-state index contributed by atoms with van der Waals surface area (Å²) >= 11 is 0. The van der Waals surface area contributed by atoms with Gasteiger partial charge in [0.25, 0.3) is 5.97 Å². The SMILES string of the molecule is CCC(OC(C)[Si](CC)(OC)OC)OC1(CC)OCC(C)O1. The van der Waals surface area contributed by atoms with E-state index >= 15 is 0 Å². The van der Waals surface area contributed by atoms with E-state index in [0.29, 0.717) is 19.4 Å². The second-order valence-corrected chi connectivity index (χ2v) is 9.54. The van der Waals surface area contributed by atoms with Crippen LogP contribution in [0.25, 0.3) is 0 Å². The van der Waals surface area contributed by atoms with Crippen molar-refractivity contribution in [1.82, 2.24) is 0 Å². The highest BCUT2D eigenvalue weighted by atomic mass is 28.4. The normalized spacial score (nSPS) is 28.8. The fraction of sp³-hybridized carbons (Fsp3) is 1.00. The standard InChI is InChI=1S/C15H32O6Si/c1-8-14(19-13(5)22(10-3,16-6)17-7)21-15(9-2)18-11-12(4)20-15/h12-14H,8-11H2,1-7H3. The molecular formula is C15H32O6Si. The molecule has 0 N–H and O–H groups in total. The molecule has 0 aliphatic carbocycles. The van der Waals surface area contributed by atoms with Gasteiger partial charge in [0.15, 0.2) is 6.29 Å². The van der Waals surface area contributed by atoms with E-state index in [9.17, 15) is 0 Å². The Hall–Kier alpha value is -0.0231. The first kappa shape index (κ1) is 20.0. The monoisotopic (exact) mass is 336 g/mol. The summed E-state index contributed by atoms with van der Waals surface area (Å²) in [6, 6.07) is 0.806. The summed E-state index contributed by atoms with van der Waals surface area (Å²) < 4.78 is 34.9. The average Bonchev–Trinajstić information content (AvgIpc) is 2.90. The van der Waals surface area contributed by atoms with Crippen LogP contribution in [-0.4, -0.2) is 53.5 Å². The van der Waals surface area contributed by atoms with Gasteiger partial charge in [-0.05, 0) is 26.3 Å². The predicted octanol–water partition coefficient (Wildman–Crippen LogP) is 2.94. The number of hydrogen-bond acceptors (Lipinski definition) is 6. The molecule has 132 valence electrons. The van der Waals surface area contributed by atoms with Crippen LogP contribution in [-0.2, 0) is 27.8 Å². The van der Waals surface area contributed by atoms with Crippen molar-refractivity contribution in [2.75, 3.05) is 20.8 Å². The Morgan fingerprint density at radius 1 is 1.23 bits per heavy atom. The molecule has 6 nitrogen and oxygen atoms in total. The molecule has 0 bridgehead atoms. The molecule has 1 aliphatic heterocycles. The van der Waals surface area contributed by atoms with E-state index in [1.165, 1.54) is 0 Å². The molecule has 1 aliphatic rings. The smallest absolute Gasteiger partial charge is 0.367 e. The zero-order chi connectivity index (χ0) is 16.8. The molecule has 4 unspecified atom stereocenters. The van der Waals surface area contributed by atoms with Gasteiger partial charge in [0.1, 0.15) is 5.73 Å². The van der Waals surface area contributed by atoms with Crippen LogP contribution in [0.15, 0.2) is 0 Å². The second-order valence-electron chi connectivity index (χ2n) is 5.58. The Balaban J connectivity index is 2.72. The topological polar surface area (TPSA) is 55.4 Å². The third-order valence-electron chi connectivity index (χ3n) is 4.16. The Labute approximate surface area is 135 Å². The molecule has 4 atom stereocenters. The molecule has 0 spiro atoms. The summed E-state index contributed by atoms with van der Waals surface area (Å²) in [5, 5.41) is 0. The van der Waals surface area contributed by atoms with Crippen LogP contribution in [0.2, 0.25) is 6.04 Å². The van der Waals surface area contributed by atoms with Crippen LogP contribution in [0.5, 0.6) is 0 Å². The molecule has 1 saturated heterocycles. The lowest BCUT2D eigenvalue weighted by atomic mass is 10.4. The van der Waals surface area contributed by atoms with Gasteiger partial charge in [-0.25, -0.2) is 0 Å². The van der Waals surface area contributed by atoms with Crippen LogP contribution in [0.3, 0.4) is 0 Å². The fourth-order valence-corrected chi connectivity index (χ4v) is 5.02. The first-order valence-corrected chi connectivity index (χ1v) is 10.3. The average molecular weight is 337 g/mol. The summed E-state index contributed by atoms with van der Waals surface area (Å²) in [5.41, 5.74) is -0.162. The van der Waals surface area contributed by atoms with Gasteiger partial charge in [-0.2, -0.15) is 0 Å². The van der Waals surface area contributed by atoms with Crippen LogP contribution in [0.1, 0.15) is 47.5 Å². The highest BCUT2D eigenvalue weighted by Gasteiger charge is 2.45. The van der Waals surface area contributed by atoms with Gasteiger partial charge in [-0.3, -0.25) is 4.74 Å². The predicted molar refractivity (Wildman–Crippen MR) is 85.5 cm³/mol. The summed E-state index contributed by atoms with van der Waals surface area (Å²) in [5.74, 6) is -1.00. The maximum absolute atomic E-state index is 6.09. The van der Waals surface area contributed by atoms with Crippen molar-refractivity contribution in [2.24, 2.45) is 0 Å². The highest BCUT2D eigenvalue weighted by Crippen LogP contribution is 2.31. The van der Waals surface area contributed by atoms with Gasteiger partial charge in [-0.15, -0.1) is 0 Å². The van der Waals surface area contributed by atoms with Crippen LogP contribution in [0, 0.1) is 0 Å². The summed E-state index contributed by atoms with van der Waals surface area (Å²) in [4.78, 5) is 0. The Kier molecular flexibility index (Phi) is 7.94. The van der Waals surface area contributed by atoms with Gasteiger partial charge in [0.2, 0.25) is 0 Å². The van der Waals surface area contributed by atoms with E-state index in [0.717, 1.165) is 6.04 Å². The van der Waals surface area contributed by atoms with E-state index in [4.69, 9.17) is 27.8 Å². The first-order valence-electron chi connectivity index (χ1n) is 8.16. The van der Waals surface area contributed by atoms with E-state index < -0.39 is 20.8 Å². The van der Waals surface area contributed by atoms with Crippen molar-refractivity contribution < 1.29 is 27.8 Å². The fourth-order valence-electron chi connectivity index (χ4n) is 2.68. The lowest BCUT2D eigenvalue weighted by Gasteiger charge is -2.36. The van der Waals surface area contributed by atoms with Crippen molar-refractivity contribution in [3.63, 3.8) is 0 Å². The van der Waals surface area contributed by atoms with Gasteiger partial charge in [0.05, 0.1) is 12.7 Å². The molecule has 0 aromatic carbocycles. The molecule has 1 heterocycles. The third-order valence-corrected chi connectivity index (χ3v) is 7.90. The minimum atomic E-state index is -2.39. The largest absolute Gasteiger partial charge is 0.396 e. The molecule has 1 rings (SSSR count). The minimum Gasteiger partial charge on any atom is -0.396 e. The van der Waals surface area contributed by atoms with Crippen molar-refractivity contribution in [2.45, 2.75) is 77.6 Å². The van der Waals surface area contributed by atoms with Crippen molar-refractivity contribution in [1.29, 1.82) is 0 Å². The summed E-state index contributed by atoms with van der Waals surface area (Å²) in [6.45, 7) is 10.5. The number of ether oxygens (including phenoxy) is 4. The number of rotatable bonds is 10. The van der Waals surface area contributed by atoms with Gasteiger partial charge >= 0.3 is 8.56 Å². The van der Waals surface area contributed by atoms with Crippen molar-refractivity contribution in [3.8, 4) is 0 Å². The van der Waals surface area contributed by atoms with Crippen molar-refractivity contribution in [3.05, 3.63) is 0 Å². The second kappa shape index (κ2) is 8.72. The Morgan fingerprint density at radius 3 is 2.23 bits per heavy atom. The Bertz CT molecular complexity index is 317. The summed E-state index contributed by atoms with van der Waals surface area (Å²) in [7, 11) is 0.972. The lowest BCUT2D eigenvalue weighted by molar-refractivity contribution is -0.388. The Morgan fingerprint density at radius 2 is 1.86 bits per heavy atom. The van der Waals surface area contributed by atoms with Gasteiger partial charge in [-0.1, -0.05) is 20.8 Å². The van der Waals surface area contributed by atoms with Gasteiger partial charge in [0, 0.05) is 20.6 Å². The molecular weight excluding hydrogens is 304 g/mol. The third kappa shape index (κ3) is 4.50. The van der Waals surface area contributed by atoms with Crippen LogP contribution < -0.4 is 0 Å². The van der Waals surface area contributed by atoms with E-state index in [2.05, 4.69) is 6.92 Å². The molecule has 0 aromatic rings. The van der Waals surface area contributed by atoms with Crippen LogP contribution in [0.4, 0.5) is 0 Å². The molecule has 7 heteroatoms. The number of hydrogen-bond donors (Lipinski definition) is 0. The maximum atomic E-state index is 6.09. The van der Waals surface area contributed by atoms with E-state index in [1.807, 2.05) is 27.7 Å². The molecule has 0 radical (unpaired) electrons. The molecule has 0 amide bonds. The summed E-state index contributed by atoms with van der Waals surface area (Å²) in [6.07, 6.45) is 0.895. The van der Waals surface area contributed by atoms with E-state index in [1.54, 1.807) is 14.2 Å². The molecule has 22 heavy (non-hydrogen) atoms. The van der Waals surface area contributed by atoms with Crippen LogP contribution >= 0.6 is 0 Å². The maximum Gasteiger partial charge on any atom is 0.367 e. The lowest BCUT2D eigenvalue weighted by Crippen LogP contribution is -2.53. The molecule has 0 aromatic heterocycles. The molecule has 0 saturated carbocycles. The quantitative estimate of drug-likeness (QED) is 0.452. The van der Waals surface area contributed by atoms with E-state index in [-0.39, 0.29) is 11.8 Å². The zero-order valence-corrected chi connectivity index (χ0v) is 16.0. The zero-order valence-electron chi connectivity index (χ0n) is 15.0.